The summed E-state index contributed by atoms with van der Waals surface area (Å²) in [5.74, 6) is 1.46. The maximum absolute atomic E-state index is 12.2. The molecule has 0 aliphatic heterocycles. The molecule has 0 saturated carbocycles. The summed E-state index contributed by atoms with van der Waals surface area (Å²) < 4.78 is 7.23. The number of anilines is 1. The zero-order valence-electron chi connectivity index (χ0n) is 15.3. The third kappa shape index (κ3) is 4.64. The van der Waals surface area contributed by atoms with Crippen LogP contribution in [0, 0.1) is 0 Å². The molecule has 0 radical (unpaired) electrons. The lowest BCUT2D eigenvalue weighted by atomic mass is 10.2. The van der Waals surface area contributed by atoms with Crippen LogP contribution < -0.4 is 10.1 Å². The maximum atomic E-state index is 12.2. The molecule has 2 aromatic heterocycles. The monoisotopic (exact) mass is 404 g/mol. The van der Waals surface area contributed by atoms with Gasteiger partial charge < -0.3 is 9.30 Å². The van der Waals surface area contributed by atoms with Crippen molar-refractivity contribution in [3.63, 3.8) is 0 Å². The Hall–Kier alpha value is -2.46. The van der Waals surface area contributed by atoms with Crippen LogP contribution in [0.5, 0.6) is 5.75 Å². The fourth-order valence-electron chi connectivity index (χ4n) is 2.41. The van der Waals surface area contributed by atoms with Crippen LogP contribution in [-0.2, 0) is 18.3 Å². The molecule has 0 bridgehead atoms. The lowest BCUT2D eigenvalue weighted by Gasteiger charge is -2.08. The van der Waals surface area contributed by atoms with Crippen LogP contribution in [0.25, 0.3) is 11.4 Å². The lowest BCUT2D eigenvalue weighted by molar-refractivity contribution is -0.113. The predicted octanol–water partition coefficient (Wildman–Crippen LogP) is 3.03. The maximum Gasteiger partial charge on any atom is 0.236 e. The van der Waals surface area contributed by atoms with Crippen molar-refractivity contribution < 1.29 is 9.53 Å². The van der Waals surface area contributed by atoms with Crippen LogP contribution in [-0.4, -0.2) is 43.7 Å². The highest BCUT2D eigenvalue weighted by atomic mass is 32.2. The number of carbonyl (C=O) groups is 1. The van der Waals surface area contributed by atoms with E-state index in [2.05, 4.69) is 32.6 Å². The number of rotatable bonds is 8. The first-order valence-electron chi connectivity index (χ1n) is 8.40. The molecule has 1 N–H and O–H groups in total. The Bertz CT molecular complexity index is 924. The summed E-state index contributed by atoms with van der Waals surface area (Å²) in [5, 5.41) is 21.3. The first-order valence-corrected chi connectivity index (χ1v) is 10.2. The minimum Gasteiger partial charge on any atom is -0.496 e. The fraction of sp³-hybridized carbons (Fsp3) is 0.353. The molecule has 3 aromatic rings. The highest BCUT2D eigenvalue weighted by Gasteiger charge is 2.16. The van der Waals surface area contributed by atoms with Crippen LogP contribution in [0.3, 0.4) is 0 Å². The van der Waals surface area contributed by atoms with Crippen molar-refractivity contribution in [1.82, 2.24) is 25.0 Å². The molecule has 27 heavy (non-hydrogen) atoms. The van der Waals surface area contributed by atoms with Gasteiger partial charge in [-0.05, 0) is 18.6 Å². The third-order valence-electron chi connectivity index (χ3n) is 3.69. The first kappa shape index (κ1) is 19.3. The highest BCUT2D eigenvalue weighted by molar-refractivity contribution is 7.99. The molecule has 142 valence electrons. The average Bonchev–Trinajstić information content (AvgIpc) is 3.26. The number of ether oxygens (including phenoxy) is 1. The molecule has 8 nitrogen and oxygen atoms in total. The topological polar surface area (TPSA) is 94.8 Å². The van der Waals surface area contributed by atoms with Gasteiger partial charge in [0.25, 0.3) is 0 Å². The fourth-order valence-corrected chi connectivity index (χ4v) is 3.98. The summed E-state index contributed by atoms with van der Waals surface area (Å²) in [6, 6.07) is 7.62. The van der Waals surface area contributed by atoms with Gasteiger partial charge in [0.1, 0.15) is 10.8 Å². The summed E-state index contributed by atoms with van der Waals surface area (Å²) in [6.45, 7) is 2.08. The quantitative estimate of drug-likeness (QED) is 0.577. The second kappa shape index (κ2) is 8.96. The summed E-state index contributed by atoms with van der Waals surface area (Å²) in [5.41, 5.74) is 0.851. The number of hydrogen-bond acceptors (Lipinski definition) is 8. The van der Waals surface area contributed by atoms with E-state index < -0.39 is 0 Å². The Morgan fingerprint density at radius 3 is 2.85 bits per heavy atom. The number of hydrogen-bond donors (Lipinski definition) is 1. The van der Waals surface area contributed by atoms with Crippen LogP contribution in [0.4, 0.5) is 5.13 Å². The van der Waals surface area contributed by atoms with Gasteiger partial charge in [0.15, 0.2) is 11.0 Å². The molecule has 1 amide bonds. The van der Waals surface area contributed by atoms with Crippen LogP contribution >= 0.6 is 23.1 Å². The van der Waals surface area contributed by atoms with Gasteiger partial charge in [-0.25, -0.2) is 0 Å². The van der Waals surface area contributed by atoms with E-state index in [4.69, 9.17) is 4.74 Å². The number of carbonyl (C=O) groups excluding carboxylic acids is 1. The van der Waals surface area contributed by atoms with E-state index in [0.717, 1.165) is 29.2 Å². The van der Waals surface area contributed by atoms with Crippen molar-refractivity contribution in [2.24, 2.45) is 7.05 Å². The van der Waals surface area contributed by atoms with Crippen LogP contribution in [0.2, 0.25) is 0 Å². The molecule has 0 fully saturated rings. The van der Waals surface area contributed by atoms with Gasteiger partial charge in [-0.15, -0.1) is 20.4 Å². The molecular weight excluding hydrogens is 384 g/mol. The molecule has 1 aromatic carbocycles. The number of thioether (sulfide) groups is 1. The number of aromatic nitrogens is 5. The first-order chi connectivity index (χ1) is 13.1. The van der Waals surface area contributed by atoms with E-state index in [1.807, 2.05) is 35.9 Å². The number of benzene rings is 1. The molecule has 2 heterocycles. The molecule has 0 aliphatic rings. The number of nitrogens with one attached hydrogen (secondary N) is 1. The summed E-state index contributed by atoms with van der Waals surface area (Å²) in [7, 11) is 3.48. The summed E-state index contributed by atoms with van der Waals surface area (Å²) in [4.78, 5) is 12.2. The van der Waals surface area contributed by atoms with Gasteiger partial charge in [-0.1, -0.05) is 42.2 Å². The van der Waals surface area contributed by atoms with Crippen LogP contribution in [0.15, 0.2) is 29.4 Å². The minimum absolute atomic E-state index is 0.152. The summed E-state index contributed by atoms with van der Waals surface area (Å²) in [6.07, 6.45) is 1.87. The van der Waals surface area contributed by atoms with E-state index in [1.54, 1.807) is 7.11 Å². The number of methoxy groups -OCH3 is 1. The number of amides is 1. The Kier molecular flexibility index (Phi) is 6.40. The SMILES string of the molecule is CCCc1nnc(NC(=O)CSc2nnc(-c3ccccc3OC)n2C)s1. The molecule has 0 saturated heterocycles. The van der Waals surface area contributed by atoms with E-state index in [9.17, 15) is 4.79 Å². The van der Waals surface area contributed by atoms with Gasteiger partial charge in [0.05, 0.1) is 18.4 Å². The zero-order chi connectivity index (χ0) is 19.2. The molecule has 0 atom stereocenters. The van der Waals surface area contributed by atoms with E-state index >= 15 is 0 Å². The van der Waals surface area contributed by atoms with Gasteiger partial charge in [0.2, 0.25) is 11.0 Å². The molecule has 3 rings (SSSR count). The Morgan fingerprint density at radius 2 is 2.07 bits per heavy atom. The van der Waals surface area contributed by atoms with Crippen molar-refractivity contribution in [3.05, 3.63) is 29.3 Å². The van der Waals surface area contributed by atoms with Gasteiger partial charge >= 0.3 is 0 Å². The normalized spacial score (nSPS) is 10.8. The van der Waals surface area contributed by atoms with Gasteiger partial charge in [-0.2, -0.15) is 0 Å². The predicted molar refractivity (Wildman–Crippen MR) is 106 cm³/mol. The molecule has 0 aliphatic carbocycles. The van der Waals surface area contributed by atoms with Crippen molar-refractivity contribution in [2.75, 3.05) is 18.2 Å². The highest BCUT2D eigenvalue weighted by Crippen LogP contribution is 2.30. The molecule has 0 unspecified atom stereocenters. The zero-order valence-corrected chi connectivity index (χ0v) is 16.9. The van der Waals surface area contributed by atoms with Crippen molar-refractivity contribution in [3.8, 4) is 17.1 Å². The molecular formula is C17H20N6O2S2. The van der Waals surface area contributed by atoms with Crippen molar-refractivity contribution in [2.45, 2.75) is 24.9 Å². The van der Waals surface area contributed by atoms with E-state index in [1.165, 1.54) is 23.1 Å². The summed E-state index contributed by atoms with van der Waals surface area (Å²) >= 11 is 2.72. The Morgan fingerprint density at radius 1 is 1.26 bits per heavy atom. The van der Waals surface area contributed by atoms with E-state index in [0.29, 0.717) is 16.1 Å². The lowest BCUT2D eigenvalue weighted by Crippen LogP contribution is -2.14. The van der Waals surface area contributed by atoms with Gasteiger partial charge in [0, 0.05) is 13.5 Å². The van der Waals surface area contributed by atoms with Crippen molar-refractivity contribution >= 4 is 34.1 Å². The second-order valence-electron chi connectivity index (χ2n) is 5.65. The Labute approximate surface area is 165 Å². The largest absolute Gasteiger partial charge is 0.496 e. The average molecular weight is 405 g/mol. The number of nitrogens with zero attached hydrogens (tertiary/aromatic N) is 5. The second-order valence-corrected chi connectivity index (χ2v) is 7.66. The Balaban J connectivity index is 1.63. The molecule has 0 spiro atoms. The number of aryl methyl sites for hydroxylation is 1. The van der Waals surface area contributed by atoms with Crippen molar-refractivity contribution in [1.29, 1.82) is 0 Å². The van der Waals surface area contributed by atoms with E-state index in [-0.39, 0.29) is 11.7 Å². The van der Waals surface area contributed by atoms with Gasteiger partial charge in [-0.3, -0.25) is 10.1 Å². The molecule has 10 heteroatoms. The smallest absolute Gasteiger partial charge is 0.236 e. The van der Waals surface area contributed by atoms with Crippen LogP contribution in [0.1, 0.15) is 18.4 Å². The minimum atomic E-state index is -0.152. The third-order valence-corrected chi connectivity index (χ3v) is 5.61. The standard InChI is InChI=1S/C17H20N6O2S2/c1-4-7-14-19-21-16(27-14)18-13(24)10-26-17-22-20-15(23(17)2)11-8-5-6-9-12(11)25-3/h5-6,8-9H,4,7,10H2,1-3H3,(H,18,21,24). The number of para-hydroxylation sites is 1.